The lowest BCUT2D eigenvalue weighted by molar-refractivity contribution is -0.340. The van der Waals surface area contributed by atoms with Crippen LogP contribution in [0, 0.1) is 0 Å². The lowest BCUT2D eigenvalue weighted by Gasteiger charge is -2.59. The summed E-state index contributed by atoms with van der Waals surface area (Å²) >= 11 is 7.69. The number of hydrazine groups is 4. The molecular weight excluding hydrogens is 658 g/mol. The van der Waals surface area contributed by atoms with Crippen LogP contribution in [0.25, 0.3) is 0 Å². The zero-order valence-electron chi connectivity index (χ0n) is 35.0. The standard InChI is InChI=1S/C39H80ClN11/c1-13-15-22-46(31-26-36(3,4)44(11)37(5,6)27-31)34-25-33(40)49-35(30-43-21-17-19-41)48(24-18-20-42)50(34)51(49)47(23-16-14-2)32-28-38(7,8)45(12)39(9,10)29-32/h25,31-32,34-35,43H,13-24,26-30,41-42H2,1-12H3. The molecule has 5 N–H and O–H groups in total. The van der Waals surface area contributed by atoms with Gasteiger partial charge < -0.3 is 16.8 Å². The number of halogens is 1. The zero-order chi connectivity index (χ0) is 37.9. The van der Waals surface area contributed by atoms with E-state index in [-0.39, 0.29) is 34.5 Å². The number of hydrogen-bond donors (Lipinski definition) is 3. The molecule has 298 valence electrons. The fourth-order valence-corrected chi connectivity index (χ4v) is 9.95. The first kappa shape index (κ1) is 43.2. The van der Waals surface area contributed by atoms with Crippen molar-refractivity contribution in [2.24, 2.45) is 11.5 Å². The Morgan fingerprint density at radius 2 is 1.27 bits per heavy atom. The van der Waals surface area contributed by atoms with E-state index >= 15 is 0 Å². The average molecular weight is 739 g/mol. The van der Waals surface area contributed by atoms with Gasteiger partial charge in [-0.05, 0) is 147 Å². The van der Waals surface area contributed by atoms with Gasteiger partial charge >= 0.3 is 0 Å². The summed E-state index contributed by atoms with van der Waals surface area (Å²) in [7, 11) is 4.63. The van der Waals surface area contributed by atoms with Crippen molar-refractivity contribution >= 4 is 11.6 Å². The van der Waals surface area contributed by atoms with Crippen LogP contribution in [0.1, 0.15) is 133 Å². The predicted molar refractivity (Wildman–Crippen MR) is 215 cm³/mol. The van der Waals surface area contributed by atoms with Gasteiger partial charge in [0, 0.05) is 60.4 Å². The maximum absolute atomic E-state index is 7.69. The Morgan fingerprint density at radius 3 is 1.78 bits per heavy atom. The van der Waals surface area contributed by atoms with Gasteiger partial charge in [-0.15, -0.1) is 5.12 Å². The molecule has 0 aromatic heterocycles. The summed E-state index contributed by atoms with van der Waals surface area (Å²) in [6, 6.07) is 0.747. The van der Waals surface area contributed by atoms with Crippen molar-refractivity contribution in [2.45, 2.75) is 180 Å². The van der Waals surface area contributed by atoms with Crippen LogP contribution in [-0.4, -0.2) is 147 Å². The summed E-state index contributed by atoms with van der Waals surface area (Å²) in [6.07, 6.45) is 13.2. The quantitative estimate of drug-likeness (QED) is 0.125. The highest BCUT2D eigenvalue weighted by atomic mass is 35.5. The third-order valence-corrected chi connectivity index (χ3v) is 13.3. The van der Waals surface area contributed by atoms with E-state index < -0.39 is 0 Å². The van der Waals surface area contributed by atoms with Crippen LogP contribution in [0.5, 0.6) is 0 Å². The second-order valence-corrected chi connectivity index (χ2v) is 19.0. The van der Waals surface area contributed by atoms with Crippen LogP contribution in [0.2, 0.25) is 0 Å². The van der Waals surface area contributed by atoms with E-state index in [1.54, 1.807) is 0 Å². The highest BCUT2D eigenvalue weighted by molar-refractivity contribution is 6.29. The summed E-state index contributed by atoms with van der Waals surface area (Å²) in [4.78, 5) is 8.03. The molecule has 4 heterocycles. The van der Waals surface area contributed by atoms with Gasteiger partial charge in [0.15, 0.2) is 0 Å². The first-order valence-electron chi connectivity index (χ1n) is 20.5. The first-order chi connectivity index (χ1) is 23.9. The molecule has 3 unspecified atom stereocenters. The van der Waals surface area contributed by atoms with Gasteiger partial charge in [-0.1, -0.05) is 43.5 Å². The number of likely N-dealkylation sites (tertiary alicyclic amines) is 2. The van der Waals surface area contributed by atoms with Crippen LogP contribution < -0.4 is 16.8 Å². The van der Waals surface area contributed by atoms with Gasteiger partial charge in [0.05, 0.1) is 0 Å². The number of rotatable bonds is 18. The Morgan fingerprint density at radius 1 is 0.765 bits per heavy atom. The van der Waals surface area contributed by atoms with E-state index in [4.69, 9.17) is 23.1 Å². The SMILES string of the molecule is CCCCN(C1CC(C)(C)N(C)C(C)(C)C1)C1C=C(Cl)N2C(CNCCCN)N(CCCN)N1N2N(CCCC)C1CC(C)(C)N(C)C(C)(C)C1. The van der Waals surface area contributed by atoms with E-state index in [1.165, 1.54) is 0 Å². The Hall–Kier alpha value is -0.570. The number of fused-ring (bicyclic) bond motifs is 2. The molecule has 0 radical (unpaired) electrons. The molecule has 51 heavy (non-hydrogen) atoms. The number of unbranched alkanes of at least 4 members (excludes halogenated alkanes) is 2. The van der Waals surface area contributed by atoms with Crippen molar-refractivity contribution in [1.29, 1.82) is 0 Å². The molecule has 3 saturated heterocycles. The van der Waals surface area contributed by atoms with Gasteiger partial charge in [0.2, 0.25) is 0 Å². The van der Waals surface area contributed by atoms with Crippen LogP contribution in [0.3, 0.4) is 0 Å². The molecule has 0 aliphatic carbocycles. The zero-order valence-corrected chi connectivity index (χ0v) is 35.8. The third kappa shape index (κ3) is 9.29. The monoisotopic (exact) mass is 738 g/mol. The second kappa shape index (κ2) is 17.5. The van der Waals surface area contributed by atoms with E-state index in [9.17, 15) is 0 Å². The molecule has 4 aliphatic heterocycles. The minimum absolute atomic E-state index is 0.0119. The van der Waals surface area contributed by atoms with Crippen molar-refractivity contribution in [3.8, 4) is 0 Å². The molecule has 0 spiro atoms. The summed E-state index contributed by atoms with van der Waals surface area (Å²) in [5.74, 6) is 0. The van der Waals surface area contributed by atoms with Crippen LogP contribution >= 0.6 is 11.6 Å². The average Bonchev–Trinajstić information content (AvgIpc) is 3.29. The maximum Gasteiger partial charge on any atom is 0.128 e. The molecule has 0 amide bonds. The second-order valence-electron chi connectivity index (χ2n) is 18.6. The summed E-state index contributed by atoms with van der Waals surface area (Å²) in [5.41, 5.74) is 12.5. The van der Waals surface area contributed by atoms with Crippen molar-refractivity contribution < 1.29 is 0 Å². The topological polar surface area (TPSA) is 90.0 Å². The lowest BCUT2D eigenvalue weighted by atomic mass is 9.76. The summed E-state index contributed by atoms with van der Waals surface area (Å²) < 4.78 is 0. The van der Waals surface area contributed by atoms with E-state index in [1.807, 2.05) is 0 Å². The molecule has 4 rings (SSSR count). The van der Waals surface area contributed by atoms with Gasteiger partial charge in [-0.2, -0.15) is 5.01 Å². The van der Waals surface area contributed by atoms with Crippen molar-refractivity contribution in [1.82, 2.24) is 45.4 Å². The number of hydrogen-bond acceptors (Lipinski definition) is 11. The van der Waals surface area contributed by atoms with Crippen LogP contribution in [-0.2, 0) is 0 Å². The third-order valence-electron chi connectivity index (χ3n) is 13.0. The van der Waals surface area contributed by atoms with Crippen molar-refractivity contribution in [3.05, 3.63) is 11.2 Å². The normalized spacial score (nSPS) is 29.1. The molecule has 2 bridgehead atoms. The Balaban J connectivity index is 1.88. The molecule has 4 aliphatic rings. The number of nitrogens with two attached hydrogens (primary N) is 2. The molecule has 0 aromatic carbocycles. The number of nitrogens with one attached hydrogen (secondary N) is 1. The molecule has 12 heteroatoms. The molecule has 0 aromatic rings. The van der Waals surface area contributed by atoms with Crippen LogP contribution in [0.4, 0.5) is 0 Å². The lowest BCUT2D eigenvalue weighted by Crippen LogP contribution is -2.71. The van der Waals surface area contributed by atoms with E-state index in [2.05, 4.69) is 135 Å². The van der Waals surface area contributed by atoms with E-state index in [0.717, 1.165) is 102 Å². The minimum Gasteiger partial charge on any atom is -0.330 e. The number of piperidine rings is 2. The molecule has 3 atom stereocenters. The smallest absolute Gasteiger partial charge is 0.128 e. The molecular formula is C39H80ClN11. The van der Waals surface area contributed by atoms with E-state index in [0.29, 0.717) is 25.2 Å². The van der Waals surface area contributed by atoms with Crippen LogP contribution in [0.15, 0.2) is 11.2 Å². The van der Waals surface area contributed by atoms with Gasteiger partial charge in [-0.3, -0.25) is 14.7 Å². The Kier molecular flexibility index (Phi) is 14.8. The summed E-state index contributed by atoms with van der Waals surface area (Å²) in [5, 5.41) is 17.5. The van der Waals surface area contributed by atoms with Crippen molar-refractivity contribution in [2.75, 3.05) is 59.9 Å². The fraction of sp³-hybridized carbons (Fsp3) is 0.949. The van der Waals surface area contributed by atoms with Gasteiger partial charge in [0.1, 0.15) is 17.5 Å². The predicted octanol–water partition coefficient (Wildman–Crippen LogP) is 5.41. The largest absolute Gasteiger partial charge is 0.330 e. The molecule has 11 nitrogen and oxygen atoms in total. The van der Waals surface area contributed by atoms with Gasteiger partial charge in [0.25, 0.3) is 0 Å². The molecule has 0 saturated carbocycles. The fourth-order valence-electron chi connectivity index (χ4n) is 9.65. The number of nitrogens with zero attached hydrogens (tertiary/aromatic N) is 8. The minimum atomic E-state index is -0.0245. The highest BCUT2D eigenvalue weighted by Crippen LogP contribution is 2.46. The summed E-state index contributed by atoms with van der Waals surface area (Å²) in [6.45, 7) is 29.9. The highest BCUT2D eigenvalue weighted by Gasteiger charge is 2.58. The maximum atomic E-state index is 7.69. The first-order valence-corrected chi connectivity index (χ1v) is 20.9. The van der Waals surface area contributed by atoms with Crippen molar-refractivity contribution in [3.63, 3.8) is 0 Å². The Labute approximate surface area is 318 Å². The Bertz CT molecular complexity index is 1090. The molecule has 3 fully saturated rings. The van der Waals surface area contributed by atoms with Gasteiger partial charge in [-0.25, -0.2) is 10.0 Å².